The summed E-state index contributed by atoms with van der Waals surface area (Å²) >= 11 is 3.46. The first kappa shape index (κ1) is 18.8. The molecule has 3 atom stereocenters. The quantitative estimate of drug-likeness (QED) is 0.717. The second-order valence-corrected chi connectivity index (χ2v) is 10.2. The molecule has 3 rings (SSSR count). The Bertz CT molecular complexity index is 666. The van der Waals surface area contributed by atoms with Crippen molar-refractivity contribution in [1.82, 2.24) is 10.3 Å². The first-order valence-corrected chi connectivity index (χ1v) is 9.57. The van der Waals surface area contributed by atoms with Gasteiger partial charge in [0.2, 0.25) is 5.91 Å². The smallest absolute Gasteiger partial charge is 0.239 e. The van der Waals surface area contributed by atoms with Crippen LogP contribution in [-0.2, 0) is 9.53 Å². The van der Waals surface area contributed by atoms with Gasteiger partial charge in [-0.15, -0.1) is 0 Å². The maximum atomic E-state index is 12.3. The van der Waals surface area contributed by atoms with E-state index in [1.807, 2.05) is 5.01 Å². The van der Waals surface area contributed by atoms with Crippen molar-refractivity contribution in [3.8, 4) is 0 Å². The zero-order chi connectivity index (χ0) is 19.0. The van der Waals surface area contributed by atoms with Crippen molar-refractivity contribution in [2.75, 3.05) is 0 Å². The molecule has 0 bridgehead atoms. The van der Waals surface area contributed by atoms with Gasteiger partial charge in [0.1, 0.15) is 10.5 Å². The number of nitrogens with one attached hydrogen (secondary N) is 1. The highest BCUT2D eigenvalue weighted by molar-refractivity contribution is 9.18. The lowest BCUT2D eigenvalue weighted by molar-refractivity contribution is -0.327. The number of ether oxygens (including phenoxy) is 1. The molecule has 7 heteroatoms. The van der Waals surface area contributed by atoms with Crippen molar-refractivity contribution in [2.24, 2.45) is 32.3 Å². The largest absolute Gasteiger partial charge is 0.350 e. The van der Waals surface area contributed by atoms with E-state index < -0.39 is 5.92 Å². The number of hydrogen-bond acceptors (Lipinski definition) is 5. The van der Waals surface area contributed by atoms with Crippen LogP contribution in [0.25, 0.3) is 0 Å². The molecule has 0 radical (unpaired) electrons. The van der Waals surface area contributed by atoms with Gasteiger partial charge >= 0.3 is 0 Å². The van der Waals surface area contributed by atoms with Crippen LogP contribution in [0.1, 0.15) is 55.4 Å². The molecule has 1 saturated heterocycles. The maximum Gasteiger partial charge on any atom is 0.239 e. The van der Waals surface area contributed by atoms with Gasteiger partial charge in [-0.05, 0) is 40.6 Å². The molecule has 3 heterocycles. The van der Waals surface area contributed by atoms with Crippen molar-refractivity contribution < 1.29 is 9.53 Å². The van der Waals surface area contributed by atoms with Crippen LogP contribution >= 0.6 is 15.9 Å². The molecule has 0 aromatic carbocycles. The minimum absolute atomic E-state index is 0.0485. The lowest BCUT2D eigenvalue weighted by Gasteiger charge is -2.66. The number of carbonyl (C=O) groups is 1. The summed E-state index contributed by atoms with van der Waals surface area (Å²) in [6.45, 7) is 17.9. The van der Waals surface area contributed by atoms with Crippen LogP contribution < -0.4 is 5.32 Å². The van der Waals surface area contributed by atoms with Crippen molar-refractivity contribution in [2.45, 2.75) is 73.4 Å². The summed E-state index contributed by atoms with van der Waals surface area (Å²) in [4.78, 5) is 16.7. The van der Waals surface area contributed by atoms with E-state index in [1.165, 1.54) is 6.34 Å². The monoisotopic (exact) mass is 412 g/mol. The summed E-state index contributed by atoms with van der Waals surface area (Å²) in [5, 5.41) is 9.19. The van der Waals surface area contributed by atoms with Crippen molar-refractivity contribution in [1.29, 1.82) is 0 Å². The Morgan fingerprint density at radius 3 is 2.32 bits per heavy atom. The molecule has 3 aliphatic heterocycles. The molecule has 1 amide bonds. The van der Waals surface area contributed by atoms with E-state index in [0.717, 1.165) is 0 Å². The molecular formula is C18H29BrN4O2. The van der Waals surface area contributed by atoms with E-state index in [0.29, 0.717) is 4.62 Å². The lowest BCUT2D eigenvalue weighted by Crippen LogP contribution is -2.69. The molecule has 0 aromatic heterocycles. The molecule has 0 aliphatic carbocycles. The molecule has 0 saturated carbocycles. The normalized spacial score (nSPS) is 37.3. The van der Waals surface area contributed by atoms with E-state index >= 15 is 0 Å². The van der Waals surface area contributed by atoms with E-state index in [2.05, 4.69) is 86.7 Å². The summed E-state index contributed by atoms with van der Waals surface area (Å²) in [5.74, 6) is -0.517. The number of amides is 1. The van der Waals surface area contributed by atoms with Gasteiger partial charge in [0.25, 0.3) is 0 Å². The van der Waals surface area contributed by atoms with Gasteiger partial charge in [0, 0.05) is 5.41 Å². The third-order valence-electron chi connectivity index (χ3n) is 7.70. The van der Waals surface area contributed by atoms with Crippen LogP contribution in [0.2, 0.25) is 0 Å². The predicted octanol–water partition coefficient (Wildman–Crippen LogP) is 3.32. The number of nitrogens with zero attached hydrogens (tertiary/aromatic N) is 3. The number of aliphatic imine (C=N–C) groups is 1. The van der Waals surface area contributed by atoms with E-state index in [4.69, 9.17) is 4.74 Å². The molecule has 25 heavy (non-hydrogen) atoms. The van der Waals surface area contributed by atoms with Gasteiger partial charge in [0.15, 0.2) is 12.4 Å². The predicted molar refractivity (Wildman–Crippen MR) is 102 cm³/mol. The zero-order valence-electron chi connectivity index (χ0n) is 16.3. The summed E-state index contributed by atoms with van der Waals surface area (Å²) in [5.41, 5.74) is -0.695. The molecule has 6 nitrogen and oxygen atoms in total. The Labute approximate surface area is 158 Å². The first-order chi connectivity index (χ1) is 11.3. The van der Waals surface area contributed by atoms with Gasteiger partial charge in [-0.25, -0.2) is 10.0 Å². The number of rotatable bonds is 1. The van der Waals surface area contributed by atoms with Crippen molar-refractivity contribution in [3.05, 3.63) is 0 Å². The highest BCUT2D eigenvalue weighted by Crippen LogP contribution is 2.63. The van der Waals surface area contributed by atoms with Gasteiger partial charge < -0.3 is 10.1 Å². The standard InChI is InChI=1S/C18H29BrN4O2/c1-15(2)14(25-18(7,8)17(5,6)16(15,3)4)23-12-10(11(19)22-23)13(24)21-9-20-12/h9-10,12,14H,1-8H3,(H,20,21,24)/t10-,12+,14+/m0/s1. The van der Waals surface area contributed by atoms with E-state index in [-0.39, 0.29) is 40.1 Å². The van der Waals surface area contributed by atoms with Crippen LogP contribution in [0.4, 0.5) is 0 Å². The number of hydrazone groups is 1. The van der Waals surface area contributed by atoms with Crippen molar-refractivity contribution >= 4 is 32.8 Å². The van der Waals surface area contributed by atoms with Crippen LogP contribution in [0.5, 0.6) is 0 Å². The first-order valence-electron chi connectivity index (χ1n) is 8.78. The Balaban J connectivity index is 2.07. The maximum absolute atomic E-state index is 12.3. The topological polar surface area (TPSA) is 66.3 Å². The number of carbonyl (C=O) groups excluding carboxylic acids is 1. The third-order valence-corrected chi connectivity index (χ3v) is 8.35. The molecule has 0 unspecified atom stereocenters. The highest BCUT2D eigenvalue weighted by Gasteiger charge is 2.65. The summed E-state index contributed by atoms with van der Waals surface area (Å²) in [7, 11) is 0. The van der Waals surface area contributed by atoms with Gasteiger partial charge in [-0.1, -0.05) is 41.5 Å². The van der Waals surface area contributed by atoms with Crippen molar-refractivity contribution in [3.63, 3.8) is 0 Å². The van der Waals surface area contributed by atoms with E-state index in [1.54, 1.807) is 0 Å². The third kappa shape index (κ3) is 2.27. The number of hydrogen-bond donors (Lipinski definition) is 1. The molecule has 1 N–H and O–H groups in total. The Morgan fingerprint density at radius 1 is 1.12 bits per heavy atom. The molecule has 140 valence electrons. The van der Waals surface area contributed by atoms with Gasteiger partial charge in [-0.2, -0.15) is 5.10 Å². The molecule has 0 aromatic rings. The minimum Gasteiger partial charge on any atom is -0.350 e. The average molecular weight is 413 g/mol. The van der Waals surface area contributed by atoms with Gasteiger partial charge in [-0.3, -0.25) is 4.79 Å². The average Bonchev–Trinajstić information content (AvgIpc) is 2.81. The number of fused-ring (bicyclic) bond motifs is 1. The molecule has 0 spiro atoms. The lowest BCUT2D eigenvalue weighted by atomic mass is 9.48. The second-order valence-electron chi connectivity index (χ2n) is 9.43. The fourth-order valence-electron chi connectivity index (χ4n) is 4.19. The van der Waals surface area contributed by atoms with Crippen LogP contribution in [-0.4, -0.2) is 39.9 Å². The summed E-state index contributed by atoms with van der Waals surface area (Å²) in [6, 6.07) is 0. The SMILES string of the molecule is CC1(C)O[C@@H](N2N=C(Br)[C@@H]3C(=O)NC=N[C@@H]32)C(C)(C)C(C)(C)C1(C)C. The fraction of sp³-hybridized carbons (Fsp3) is 0.833. The summed E-state index contributed by atoms with van der Waals surface area (Å²) in [6.07, 6.45) is 0.796. The van der Waals surface area contributed by atoms with E-state index in [9.17, 15) is 4.79 Å². The summed E-state index contributed by atoms with van der Waals surface area (Å²) < 4.78 is 7.25. The fourth-order valence-corrected chi connectivity index (χ4v) is 4.82. The Morgan fingerprint density at radius 2 is 1.72 bits per heavy atom. The molecular weight excluding hydrogens is 384 g/mol. The Kier molecular flexibility index (Phi) is 3.98. The Hall–Kier alpha value is -0.950. The van der Waals surface area contributed by atoms with Gasteiger partial charge in [0.05, 0.1) is 11.9 Å². The highest BCUT2D eigenvalue weighted by atomic mass is 79.9. The molecule has 1 fully saturated rings. The minimum atomic E-state index is -0.425. The number of halogens is 1. The zero-order valence-corrected chi connectivity index (χ0v) is 17.9. The second kappa shape index (κ2) is 5.28. The van der Waals surface area contributed by atoms with Crippen LogP contribution in [0.15, 0.2) is 10.1 Å². The van der Waals surface area contributed by atoms with Crippen LogP contribution in [0.3, 0.4) is 0 Å². The van der Waals surface area contributed by atoms with Crippen LogP contribution in [0, 0.1) is 22.2 Å². The molecule has 3 aliphatic rings.